The van der Waals surface area contributed by atoms with E-state index in [4.69, 9.17) is 14.2 Å². The number of aromatic nitrogens is 1. The maximum atomic E-state index is 12.8. The molecule has 0 spiro atoms. The summed E-state index contributed by atoms with van der Waals surface area (Å²) in [5.41, 5.74) is 0.458. The summed E-state index contributed by atoms with van der Waals surface area (Å²) in [4.78, 5) is 29.5. The Bertz CT molecular complexity index is 1210. The minimum atomic E-state index is -4.44. The van der Waals surface area contributed by atoms with Gasteiger partial charge in [-0.25, -0.2) is 9.78 Å². The number of hydrogen-bond donors (Lipinski definition) is 1. The molecule has 11 heteroatoms. The number of halogens is 3. The van der Waals surface area contributed by atoms with E-state index in [0.717, 1.165) is 23.5 Å². The summed E-state index contributed by atoms with van der Waals surface area (Å²) in [6.07, 6.45) is -5.55. The molecule has 1 aliphatic rings. The van der Waals surface area contributed by atoms with Crippen molar-refractivity contribution in [3.8, 4) is 22.1 Å². The van der Waals surface area contributed by atoms with Gasteiger partial charge in [0.2, 0.25) is 6.79 Å². The Kier molecular flexibility index (Phi) is 5.98. The highest BCUT2D eigenvalue weighted by Gasteiger charge is 2.30. The number of hydrogen-bond acceptors (Lipinski definition) is 7. The maximum absolute atomic E-state index is 12.8. The average molecular weight is 478 g/mol. The summed E-state index contributed by atoms with van der Waals surface area (Å²) < 4.78 is 54.0. The number of benzene rings is 2. The zero-order valence-corrected chi connectivity index (χ0v) is 18.2. The van der Waals surface area contributed by atoms with Crippen molar-refractivity contribution in [3.05, 3.63) is 58.6 Å². The number of aryl methyl sites for hydroxylation is 1. The summed E-state index contributed by atoms with van der Waals surface area (Å²) in [6.45, 7) is 3.11. The highest BCUT2D eigenvalue weighted by Crippen LogP contribution is 2.35. The Balaban J connectivity index is 1.42. The number of amides is 1. The van der Waals surface area contributed by atoms with Gasteiger partial charge in [0.1, 0.15) is 9.88 Å². The van der Waals surface area contributed by atoms with E-state index in [-0.39, 0.29) is 11.7 Å². The average Bonchev–Trinajstić information content (AvgIpc) is 3.39. The van der Waals surface area contributed by atoms with Crippen LogP contribution in [0.4, 0.5) is 18.9 Å². The van der Waals surface area contributed by atoms with Gasteiger partial charge in [0.15, 0.2) is 17.6 Å². The highest BCUT2D eigenvalue weighted by molar-refractivity contribution is 7.17. The van der Waals surface area contributed by atoms with Gasteiger partial charge in [-0.3, -0.25) is 4.79 Å². The Labute approximate surface area is 190 Å². The molecule has 1 atom stereocenters. The summed E-state index contributed by atoms with van der Waals surface area (Å²) in [6, 6.07) is 9.36. The van der Waals surface area contributed by atoms with E-state index in [0.29, 0.717) is 33.5 Å². The Morgan fingerprint density at radius 2 is 1.82 bits per heavy atom. The van der Waals surface area contributed by atoms with E-state index in [1.165, 1.54) is 19.1 Å². The lowest BCUT2D eigenvalue weighted by Gasteiger charge is -2.13. The van der Waals surface area contributed by atoms with Crippen molar-refractivity contribution in [3.63, 3.8) is 0 Å². The van der Waals surface area contributed by atoms with Crippen LogP contribution in [0.2, 0.25) is 0 Å². The van der Waals surface area contributed by atoms with E-state index >= 15 is 0 Å². The van der Waals surface area contributed by atoms with Crippen LogP contribution in [-0.2, 0) is 15.7 Å². The lowest BCUT2D eigenvalue weighted by Crippen LogP contribution is -2.29. The third kappa shape index (κ3) is 4.92. The van der Waals surface area contributed by atoms with Gasteiger partial charge in [0.25, 0.3) is 5.91 Å². The third-order valence-corrected chi connectivity index (χ3v) is 5.92. The standard InChI is InChI=1S/C22H17F3N2O5S/c1-11-18(33-20(26-11)13-3-5-14(6-4-13)22(23,24)25)21(29)32-12(2)19(28)27-15-7-8-16-17(9-15)31-10-30-16/h3-9,12H,10H2,1-2H3,(H,27,28). The number of thiazole rings is 1. The second-order valence-electron chi connectivity index (χ2n) is 7.11. The summed E-state index contributed by atoms with van der Waals surface area (Å²) in [5.74, 6) is -0.241. The van der Waals surface area contributed by atoms with Gasteiger partial charge in [-0.2, -0.15) is 13.2 Å². The van der Waals surface area contributed by atoms with E-state index < -0.39 is 29.7 Å². The predicted molar refractivity (Wildman–Crippen MR) is 113 cm³/mol. The largest absolute Gasteiger partial charge is 0.454 e. The second kappa shape index (κ2) is 8.74. The van der Waals surface area contributed by atoms with Crippen LogP contribution in [0.1, 0.15) is 27.9 Å². The number of fused-ring (bicyclic) bond motifs is 1. The van der Waals surface area contributed by atoms with Gasteiger partial charge in [0.05, 0.1) is 11.3 Å². The van der Waals surface area contributed by atoms with Crippen LogP contribution in [-0.4, -0.2) is 29.8 Å². The van der Waals surface area contributed by atoms with E-state index in [9.17, 15) is 22.8 Å². The van der Waals surface area contributed by atoms with Gasteiger partial charge < -0.3 is 19.5 Å². The first-order valence-electron chi connectivity index (χ1n) is 9.68. The van der Waals surface area contributed by atoms with E-state index in [2.05, 4.69) is 10.3 Å². The van der Waals surface area contributed by atoms with Crippen LogP contribution in [0.15, 0.2) is 42.5 Å². The van der Waals surface area contributed by atoms with Crippen LogP contribution in [0, 0.1) is 6.92 Å². The monoisotopic (exact) mass is 478 g/mol. The van der Waals surface area contributed by atoms with Crippen molar-refractivity contribution < 1.29 is 37.0 Å². The molecule has 1 N–H and O–H groups in total. The number of carbonyl (C=O) groups excluding carboxylic acids is 2. The third-order valence-electron chi connectivity index (χ3n) is 4.73. The molecule has 2 aromatic carbocycles. The highest BCUT2D eigenvalue weighted by atomic mass is 32.1. The zero-order chi connectivity index (χ0) is 23.8. The second-order valence-corrected chi connectivity index (χ2v) is 8.11. The first-order chi connectivity index (χ1) is 15.6. The molecule has 0 saturated heterocycles. The van der Waals surface area contributed by atoms with Gasteiger partial charge in [-0.1, -0.05) is 12.1 Å². The smallest absolute Gasteiger partial charge is 0.416 e. The number of nitrogens with zero attached hydrogens (tertiary/aromatic N) is 1. The van der Waals surface area contributed by atoms with Crippen LogP contribution in [0.25, 0.3) is 10.6 Å². The quantitative estimate of drug-likeness (QED) is 0.517. The van der Waals surface area contributed by atoms with Crippen molar-refractivity contribution >= 4 is 28.9 Å². The van der Waals surface area contributed by atoms with Crippen molar-refractivity contribution in [2.75, 3.05) is 12.1 Å². The summed E-state index contributed by atoms with van der Waals surface area (Å²) in [5, 5.41) is 3.00. The topological polar surface area (TPSA) is 86.8 Å². The zero-order valence-electron chi connectivity index (χ0n) is 17.4. The van der Waals surface area contributed by atoms with Gasteiger partial charge in [-0.15, -0.1) is 11.3 Å². The minimum absolute atomic E-state index is 0.101. The fraction of sp³-hybridized carbons (Fsp3) is 0.227. The van der Waals surface area contributed by atoms with Crippen molar-refractivity contribution in [1.29, 1.82) is 0 Å². The summed E-state index contributed by atoms with van der Waals surface area (Å²) in [7, 11) is 0. The van der Waals surface area contributed by atoms with Crippen LogP contribution < -0.4 is 14.8 Å². The Morgan fingerprint density at radius 3 is 2.52 bits per heavy atom. The fourth-order valence-electron chi connectivity index (χ4n) is 3.00. The molecule has 0 bridgehead atoms. The number of alkyl halides is 3. The van der Waals surface area contributed by atoms with E-state index in [1.54, 1.807) is 25.1 Å². The van der Waals surface area contributed by atoms with Gasteiger partial charge in [0, 0.05) is 17.3 Å². The molecule has 1 aromatic heterocycles. The molecule has 33 heavy (non-hydrogen) atoms. The van der Waals surface area contributed by atoms with Crippen molar-refractivity contribution in [2.45, 2.75) is 26.1 Å². The lowest BCUT2D eigenvalue weighted by molar-refractivity contribution is -0.137. The Hall–Kier alpha value is -3.60. The SMILES string of the molecule is Cc1nc(-c2ccc(C(F)(F)F)cc2)sc1C(=O)OC(C)C(=O)Nc1ccc2c(c1)OCO2. The molecule has 2 heterocycles. The lowest BCUT2D eigenvalue weighted by atomic mass is 10.1. The molecular formula is C22H17F3N2O5S. The van der Waals surface area contributed by atoms with E-state index in [1.807, 2.05) is 0 Å². The number of rotatable bonds is 5. The fourth-order valence-corrected chi connectivity index (χ4v) is 3.95. The number of nitrogens with one attached hydrogen (secondary N) is 1. The number of anilines is 1. The molecule has 172 valence electrons. The molecule has 0 fully saturated rings. The molecular weight excluding hydrogens is 461 g/mol. The van der Waals surface area contributed by atoms with Crippen molar-refractivity contribution in [2.24, 2.45) is 0 Å². The van der Waals surface area contributed by atoms with Gasteiger partial charge >= 0.3 is 12.1 Å². The normalized spacial score (nSPS) is 13.5. The predicted octanol–water partition coefficient (Wildman–Crippen LogP) is 5.05. The molecule has 3 aromatic rings. The van der Waals surface area contributed by atoms with Crippen LogP contribution in [0.3, 0.4) is 0 Å². The van der Waals surface area contributed by atoms with Crippen LogP contribution >= 0.6 is 11.3 Å². The van der Waals surface area contributed by atoms with Crippen molar-refractivity contribution in [1.82, 2.24) is 4.98 Å². The molecule has 0 saturated carbocycles. The molecule has 4 rings (SSSR count). The number of carbonyl (C=O) groups is 2. The number of esters is 1. The first-order valence-corrected chi connectivity index (χ1v) is 10.5. The summed E-state index contributed by atoms with van der Waals surface area (Å²) >= 11 is 0.976. The first kappa shape index (κ1) is 22.6. The molecule has 0 aliphatic carbocycles. The molecule has 7 nitrogen and oxygen atoms in total. The maximum Gasteiger partial charge on any atom is 0.416 e. The van der Waals surface area contributed by atoms with Gasteiger partial charge in [-0.05, 0) is 38.1 Å². The number of ether oxygens (including phenoxy) is 3. The molecule has 0 radical (unpaired) electrons. The molecule has 1 unspecified atom stereocenters. The van der Waals surface area contributed by atoms with Crippen LogP contribution in [0.5, 0.6) is 11.5 Å². The molecule has 1 aliphatic heterocycles. The minimum Gasteiger partial charge on any atom is -0.454 e. The molecule has 1 amide bonds. The Morgan fingerprint density at radius 1 is 1.12 bits per heavy atom.